The van der Waals surface area contributed by atoms with E-state index < -0.39 is 0 Å². The smallest absolute Gasteiger partial charge is 0.155 e. The zero-order valence-corrected chi connectivity index (χ0v) is 12.9. The molecule has 0 spiro atoms. The fourth-order valence-electron chi connectivity index (χ4n) is 2.49. The van der Waals surface area contributed by atoms with Gasteiger partial charge >= 0.3 is 0 Å². The Hall–Kier alpha value is -3.34. The lowest BCUT2D eigenvalue weighted by atomic mass is 10.2. The monoisotopic (exact) mass is 313 g/mol. The number of nitrogens with zero attached hydrogens (tertiary/aromatic N) is 4. The number of fused-ring (bicyclic) bond motifs is 1. The molecule has 1 N–H and O–H groups in total. The Bertz CT molecular complexity index is 955. The minimum atomic E-state index is 0.648. The Balaban J connectivity index is 1.77. The number of hydrogen-bond donors (Lipinski definition) is 1. The molecular formula is C19H15N5. The molecule has 5 nitrogen and oxygen atoms in total. The molecule has 3 heterocycles. The van der Waals surface area contributed by atoms with Gasteiger partial charge < -0.3 is 5.32 Å². The highest BCUT2D eigenvalue weighted by atomic mass is 15.0. The molecular weight excluding hydrogens is 298 g/mol. The van der Waals surface area contributed by atoms with Crippen LogP contribution in [0.3, 0.4) is 0 Å². The summed E-state index contributed by atoms with van der Waals surface area (Å²) in [5.41, 5.74) is 4.39. The summed E-state index contributed by atoms with van der Waals surface area (Å²) in [6.07, 6.45) is 5.32. The summed E-state index contributed by atoms with van der Waals surface area (Å²) in [5.74, 6) is 0.726. The molecule has 0 bridgehead atoms. The second-order valence-electron chi connectivity index (χ2n) is 5.33. The van der Waals surface area contributed by atoms with E-state index in [4.69, 9.17) is 9.97 Å². The molecule has 0 aliphatic heterocycles. The van der Waals surface area contributed by atoms with Gasteiger partial charge in [0.15, 0.2) is 5.82 Å². The zero-order valence-electron chi connectivity index (χ0n) is 12.9. The first-order valence-corrected chi connectivity index (χ1v) is 7.71. The van der Waals surface area contributed by atoms with Crippen LogP contribution in [-0.2, 0) is 6.54 Å². The van der Waals surface area contributed by atoms with Gasteiger partial charge in [-0.2, -0.15) is 0 Å². The molecule has 0 amide bonds. The van der Waals surface area contributed by atoms with Gasteiger partial charge in [-0.15, -0.1) is 0 Å². The van der Waals surface area contributed by atoms with Gasteiger partial charge in [-0.3, -0.25) is 9.97 Å². The first-order valence-electron chi connectivity index (χ1n) is 7.71. The highest BCUT2D eigenvalue weighted by Gasteiger charge is 2.11. The Morgan fingerprint density at radius 3 is 2.25 bits per heavy atom. The third kappa shape index (κ3) is 2.92. The van der Waals surface area contributed by atoms with Crippen molar-refractivity contribution in [1.29, 1.82) is 0 Å². The van der Waals surface area contributed by atoms with Crippen LogP contribution in [0.15, 0.2) is 73.2 Å². The molecule has 0 saturated carbocycles. The molecule has 5 heteroatoms. The highest BCUT2D eigenvalue weighted by molar-refractivity contribution is 5.82. The maximum absolute atomic E-state index is 4.76. The highest BCUT2D eigenvalue weighted by Crippen LogP contribution is 2.25. The van der Waals surface area contributed by atoms with Crippen molar-refractivity contribution in [2.24, 2.45) is 0 Å². The molecule has 0 radical (unpaired) electrons. The van der Waals surface area contributed by atoms with E-state index >= 15 is 0 Å². The summed E-state index contributed by atoms with van der Waals surface area (Å²) in [7, 11) is 0. The quantitative estimate of drug-likeness (QED) is 0.622. The normalized spacial score (nSPS) is 10.7. The summed E-state index contributed by atoms with van der Waals surface area (Å²) < 4.78 is 0. The summed E-state index contributed by atoms with van der Waals surface area (Å²) in [6, 6.07) is 17.6. The lowest BCUT2D eigenvalue weighted by molar-refractivity contribution is 1.09. The van der Waals surface area contributed by atoms with E-state index in [2.05, 4.69) is 15.3 Å². The molecule has 4 aromatic rings. The molecule has 0 aliphatic rings. The predicted molar refractivity (Wildman–Crippen MR) is 94.3 cm³/mol. The molecule has 24 heavy (non-hydrogen) atoms. The van der Waals surface area contributed by atoms with Crippen LogP contribution in [0.1, 0.15) is 5.56 Å². The average molecular weight is 313 g/mol. The van der Waals surface area contributed by atoms with Crippen LogP contribution in [0.2, 0.25) is 0 Å². The van der Waals surface area contributed by atoms with Crippen LogP contribution in [-0.4, -0.2) is 19.9 Å². The Labute approximate surface area is 139 Å². The zero-order chi connectivity index (χ0) is 16.2. The van der Waals surface area contributed by atoms with Crippen LogP contribution in [0, 0.1) is 0 Å². The summed E-state index contributed by atoms with van der Waals surface area (Å²) in [5, 5.41) is 3.38. The minimum Gasteiger partial charge on any atom is -0.364 e. The molecule has 0 aliphatic carbocycles. The van der Waals surface area contributed by atoms with Gasteiger partial charge in [0.2, 0.25) is 0 Å². The van der Waals surface area contributed by atoms with Crippen molar-refractivity contribution in [3.8, 4) is 11.4 Å². The Kier molecular flexibility index (Phi) is 3.81. The number of hydrogen-bond acceptors (Lipinski definition) is 5. The van der Waals surface area contributed by atoms with Crippen molar-refractivity contribution in [2.75, 3.05) is 5.32 Å². The Morgan fingerprint density at radius 2 is 1.50 bits per heavy atom. The number of nitrogens with one attached hydrogen (secondary N) is 1. The van der Waals surface area contributed by atoms with Crippen molar-refractivity contribution in [2.45, 2.75) is 6.54 Å². The topological polar surface area (TPSA) is 63.6 Å². The standard InChI is InChI=1S/C19H15N5/c1-2-6-16-15(5-1)23-18(17-7-3-4-10-21-17)19(24-16)22-13-14-8-11-20-12-9-14/h1-12H,13H2,(H,22,24). The van der Waals surface area contributed by atoms with Gasteiger partial charge in [0.1, 0.15) is 5.69 Å². The second-order valence-corrected chi connectivity index (χ2v) is 5.33. The lowest BCUT2D eigenvalue weighted by Gasteiger charge is -2.11. The van der Waals surface area contributed by atoms with Gasteiger partial charge in [-0.05, 0) is 42.0 Å². The minimum absolute atomic E-state index is 0.648. The van der Waals surface area contributed by atoms with Crippen molar-refractivity contribution >= 4 is 16.9 Å². The first-order chi connectivity index (χ1) is 11.9. The number of para-hydroxylation sites is 2. The number of anilines is 1. The second kappa shape index (κ2) is 6.42. The molecule has 0 atom stereocenters. The van der Waals surface area contributed by atoms with E-state index in [1.54, 1.807) is 18.6 Å². The Morgan fingerprint density at radius 1 is 0.750 bits per heavy atom. The fraction of sp³-hybridized carbons (Fsp3) is 0.0526. The number of rotatable bonds is 4. The SMILES string of the molecule is c1ccc(-c2nc3ccccc3nc2NCc2ccncc2)nc1. The van der Waals surface area contributed by atoms with E-state index in [-0.39, 0.29) is 0 Å². The maximum Gasteiger partial charge on any atom is 0.155 e. The average Bonchev–Trinajstić information content (AvgIpc) is 2.67. The van der Waals surface area contributed by atoms with Gasteiger partial charge in [0.05, 0.1) is 16.7 Å². The van der Waals surface area contributed by atoms with E-state index in [1.165, 1.54) is 0 Å². The fourth-order valence-corrected chi connectivity index (χ4v) is 2.49. The van der Waals surface area contributed by atoms with Gasteiger partial charge in [-0.1, -0.05) is 18.2 Å². The largest absolute Gasteiger partial charge is 0.364 e. The molecule has 1 aromatic carbocycles. The van der Waals surface area contributed by atoms with Gasteiger partial charge in [0.25, 0.3) is 0 Å². The lowest BCUT2D eigenvalue weighted by Crippen LogP contribution is -2.05. The van der Waals surface area contributed by atoms with Gasteiger partial charge in [-0.25, -0.2) is 9.97 Å². The summed E-state index contributed by atoms with van der Waals surface area (Å²) in [4.78, 5) is 18.0. The van der Waals surface area contributed by atoms with Crippen molar-refractivity contribution in [3.63, 3.8) is 0 Å². The number of aromatic nitrogens is 4. The van der Waals surface area contributed by atoms with Crippen LogP contribution in [0.25, 0.3) is 22.4 Å². The summed E-state index contributed by atoms with van der Waals surface area (Å²) in [6.45, 7) is 0.648. The van der Waals surface area contributed by atoms with Crippen LogP contribution in [0.4, 0.5) is 5.82 Å². The molecule has 0 saturated heterocycles. The van der Waals surface area contributed by atoms with Crippen molar-refractivity contribution in [1.82, 2.24) is 19.9 Å². The molecule has 0 unspecified atom stereocenters. The third-order valence-electron chi connectivity index (χ3n) is 3.69. The van der Waals surface area contributed by atoms with E-state index in [0.29, 0.717) is 6.54 Å². The van der Waals surface area contributed by atoms with Crippen molar-refractivity contribution < 1.29 is 0 Å². The van der Waals surface area contributed by atoms with Crippen LogP contribution >= 0.6 is 0 Å². The predicted octanol–water partition coefficient (Wildman–Crippen LogP) is 3.70. The van der Waals surface area contributed by atoms with E-state index in [1.807, 2.05) is 54.6 Å². The van der Waals surface area contributed by atoms with E-state index in [9.17, 15) is 0 Å². The molecule has 4 rings (SSSR count). The maximum atomic E-state index is 4.76. The van der Waals surface area contributed by atoms with E-state index in [0.717, 1.165) is 33.8 Å². The summed E-state index contributed by atoms with van der Waals surface area (Å²) >= 11 is 0. The molecule has 0 fully saturated rings. The van der Waals surface area contributed by atoms with Crippen molar-refractivity contribution in [3.05, 3.63) is 78.8 Å². The molecule has 3 aromatic heterocycles. The van der Waals surface area contributed by atoms with Crippen LogP contribution in [0.5, 0.6) is 0 Å². The van der Waals surface area contributed by atoms with Crippen LogP contribution < -0.4 is 5.32 Å². The van der Waals surface area contributed by atoms with Gasteiger partial charge in [0, 0.05) is 25.1 Å². The first kappa shape index (κ1) is 14.3. The number of benzene rings is 1. The molecule has 116 valence electrons. The number of pyridine rings is 2. The third-order valence-corrected chi connectivity index (χ3v) is 3.69.